The van der Waals surface area contributed by atoms with Crippen LogP contribution in [0.3, 0.4) is 0 Å². The van der Waals surface area contributed by atoms with E-state index in [1.54, 1.807) is 11.8 Å². The van der Waals surface area contributed by atoms with E-state index in [0.29, 0.717) is 6.04 Å². The first-order chi connectivity index (χ1) is 13.3. The highest BCUT2D eigenvalue weighted by atomic mass is 127. The van der Waals surface area contributed by atoms with Crippen molar-refractivity contribution in [2.45, 2.75) is 75.6 Å². The van der Waals surface area contributed by atoms with Crippen LogP contribution >= 0.6 is 35.7 Å². The second-order valence-electron chi connectivity index (χ2n) is 7.30. The monoisotopic (exact) mass is 522 g/mol. The van der Waals surface area contributed by atoms with E-state index in [1.807, 2.05) is 0 Å². The number of rotatable bonds is 9. The van der Waals surface area contributed by atoms with Crippen molar-refractivity contribution < 1.29 is 4.74 Å². The van der Waals surface area contributed by atoms with Crippen molar-refractivity contribution in [2.75, 3.05) is 32.5 Å². The Morgan fingerprint density at radius 2 is 2.04 bits per heavy atom. The van der Waals surface area contributed by atoms with E-state index in [9.17, 15) is 0 Å². The summed E-state index contributed by atoms with van der Waals surface area (Å²) in [5.74, 6) is 2.02. The van der Waals surface area contributed by atoms with E-state index in [0.717, 1.165) is 68.9 Å². The molecule has 0 spiro atoms. The van der Waals surface area contributed by atoms with Gasteiger partial charge in [0.25, 0.3) is 0 Å². The molecular formula is C19H35IN6OS. The van der Waals surface area contributed by atoms with Crippen molar-refractivity contribution in [1.29, 1.82) is 0 Å². The molecule has 3 rings (SSSR count). The van der Waals surface area contributed by atoms with Gasteiger partial charge in [-0.3, -0.25) is 4.99 Å². The fraction of sp³-hybridized carbons (Fsp3) is 0.842. The van der Waals surface area contributed by atoms with Gasteiger partial charge in [0, 0.05) is 32.2 Å². The minimum absolute atomic E-state index is 0. The molecule has 1 saturated heterocycles. The smallest absolute Gasteiger partial charge is 0.191 e. The molecule has 0 radical (unpaired) electrons. The van der Waals surface area contributed by atoms with Crippen molar-refractivity contribution in [3.05, 3.63) is 5.82 Å². The number of hydrogen-bond donors (Lipinski definition) is 2. The average Bonchev–Trinajstić information content (AvgIpc) is 3.44. The van der Waals surface area contributed by atoms with E-state index < -0.39 is 0 Å². The van der Waals surface area contributed by atoms with Gasteiger partial charge in [-0.2, -0.15) is 0 Å². The number of hydrogen-bond acceptors (Lipinski definition) is 5. The Labute approximate surface area is 190 Å². The van der Waals surface area contributed by atoms with E-state index in [1.165, 1.54) is 25.7 Å². The number of nitrogens with one attached hydrogen (secondary N) is 2. The van der Waals surface area contributed by atoms with Gasteiger partial charge in [0.2, 0.25) is 0 Å². The van der Waals surface area contributed by atoms with Crippen molar-refractivity contribution in [3.8, 4) is 0 Å². The zero-order chi connectivity index (χ0) is 18.9. The third-order valence-electron chi connectivity index (χ3n) is 5.30. The Kier molecular flexibility index (Phi) is 10.9. The van der Waals surface area contributed by atoms with Crippen LogP contribution in [-0.2, 0) is 11.2 Å². The number of aryl methyl sites for hydroxylation is 1. The fourth-order valence-electron chi connectivity index (χ4n) is 3.92. The summed E-state index contributed by atoms with van der Waals surface area (Å²) < 4.78 is 8.05. The number of aliphatic imine (C=N–C) groups is 1. The molecule has 1 unspecified atom stereocenters. The molecule has 7 nitrogen and oxygen atoms in total. The molecule has 1 aliphatic carbocycles. The molecule has 9 heteroatoms. The van der Waals surface area contributed by atoms with Gasteiger partial charge in [-0.05, 0) is 45.3 Å². The molecule has 2 heterocycles. The largest absolute Gasteiger partial charge is 0.376 e. The van der Waals surface area contributed by atoms with Gasteiger partial charge in [0.15, 0.2) is 11.1 Å². The molecular weight excluding hydrogens is 487 g/mol. The standard InChI is InChI=1S/C19H34N6OS.HI/c1-3-20-18(22-14-16-10-7-13-26-16)21-12-6-11-17-23-24-19(27-2)25(17)15-8-4-5-9-15;/h15-16H,3-14H2,1-2H3,(H2,20,21,22);1H. The SMILES string of the molecule is CCNC(=NCC1CCCO1)NCCCc1nnc(SC)n1C1CCCC1.I. The fourth-order valence-corrected chi connectivity index (χ4v) is 4.50. The highest BCUT2D eigenvalue weighted by molar-refractivity contribution is 14.0. The number of halogens is 1. The Hall–Kier alpha value is -0.550. The molecule has 1 aliphatic heterocycles. The molecule has 0 amide bonds. The maximum absolute atomic E-state index is 5.66. The van der Waals surface area contributed by atoms with Gasteiger partial charge >= 0.3 is 0 Å². The summed E-state index contributed by atoms with van der Waals surface area (Å²) in [6.45, 7) is 5.46. The highest BCUT2D eigenvalue weighted by Gasteiger charge is 2.23. The predicted octanol–water partition coefficient (Wildman–Crippen LogP) is 3.40. The van der Waals surface area contributed by atoms with E-state index >= 15 is 0 Å². The third kappa shape index (κ3) is 6.76. The first-order valence-corrected chi connectivity index (χ1v) is 11.7. The maximum Gasteiger partial charge on any atom is 0.191 e. The summed E-state index contributed by atoms with van der Waals surface area (Å²) >= 11 is 1.71. The van der Waals surface area contributed by atoms with Crippen LogP contribution < -0.4 is 10.6 Å². The zero-order valence-corrected chi connectivity index (χ0v) is 20.3. The second-order valence-corrected chi connectivity index (χ2v) is 8.07. The van der Waals surface area contributed by atoms with Gasteiger partial charge in [-0.25, -0.2) is 0 Å². The maximum atomic E-state index is 5.66. The third-order valence-corrected chi connectivity index (χ3v) is 5.94. The molecule has 160 valence electrons. The first-order valence-electron chi connectivity index (χ1n) is 10.4. The van der Waals surface area contributed by atoms with Crippen molar-refractivity contribution in [1.82, 2.24) is 25.4 Å². The normalized spacial score (nSPS) is 20.4. The lowest BCUT2D eigenvalue weighted by atomic mass is 10.2. The van der Waals surface area contributed by atoms with Gasteiger partial charge in [-0.15, -0.1) is 34.2 Å². The van der Waals surface area contributed by atoms with E-state index in [4.69, 9.17) is 4.74 Å². The van der Waals surface area contributed by atoms with E-state index in [2.05, 4.69) is 43.6 Å². The van der Waals surface area contributed by atoms with Crippen LogP contribution in [0.2, 0.25) is 0 Å². The highest BCUT2D eigenvalue weighted by Crippen LogP contribution is 2.33. The minimum atomic E-state index is 0. The van der Waals surface area contributed by atoms with Gasteiger partial charge in [-0.1, -0.05) is 24.6 Å². The molecule has 0 bridgehead atoms. The molecule has 1 aromatic rings. The lowest BCUT2D eigenvalue weighted by Crippen LogP contribution is -2.38. The number of nitrogens with zero attached hydrogens (tertiary/aromatic N) is 4. The summed E-state index contributed by atoms with van der Waals surface area (Å²) in [5, 5.41) is 16.7. The molecule has 2 aliphatic rings. The molecule has 1 saturated carbocycles. The summed E-state index contributed by atoms with van der Waals surface area (Å²) in [6.07, 6.45) is 11.8. The summed E-state index contributed by atoms with van der Waals surface area (Å²) in [5.41, 5.74) is 0. The molecule has 1 atom stereocenters. The Morgan fingerprint density at radius 1 is 1.21 bits per heavy atom. The molecule has 2 N–H and O–H groups in total. The van der Waals surface area contributed by atoms with Crippen LogP contribution in [0, 0.1) is 0 Å². The van der Waals surface area contributed by atoms with Crippen LogP contribution in [-0.4, -0.2) is 59.3 Å². The molecule has 2 fully saturated rings. The van der Waals surface area contributed by atoms with Gasteiger partial charge < -0.3 is 19.9 Å². The predicted molar refractivity (Wildman–Crippen MR) is 126 cm³/mol. The van der Waals surface area contributed by atoms with E-state index in [-0.39, 0.29) is 30.1 Å². The first kappa shape index (κ1) is 23.7. The average molecular weight is 523 g/mol. The molecule has 28 heavy (non-hydrogen) atoms. The quantitative estimate of drug-likeness (QED) is 0.170. The Balaban J connectivity index is 0.00000280. The number of aromatic nitrogens is 3. The Bertz CT molecular complexity index is 599. The van der Waals surface area contributed by atoms with Crippen LogP contribution in [0.4, 0.5) is 0 Å². The van der Waals surface area contributed by atoms with Crippen LogP contribution in [0.25, 0.3) is 0 Å². The zero-order valence-electron chi connectivity index (χ0n) is 17.2. The topological polar surface area (TPSA) is 76.4 Å². The summed E-state index contributed by atoms with van der Waals surface area (Å²) in [6, 6.07) is 0.593. The van der Waals surface area contributed by atoms with Crippen molar-refractivity contribution in [2.24, 2.45) is 4.99 Å². The van der Waals surface area contributed by atoms with Crippen molar-refractivity contribution >= 4 is 41.7 Å². The Morgan fingerprint density at radius 3 is 2.71 bits per heavy atom. The number of ether oxygens (including phenoxy) is 1. The lowest BCUT2D eigenvalue weighted by molar-refractivity contribution is 0.117. The number of guanidine groups is 1. The van der Waals surface area contributed by atoms with Crippen LogP contribution in [0.15, 0.2) is 10.1 Å². The second kappa shape index (κ2) is 12.9. The molecule has 0 aromatic carbocycles. The van der Waals surface area contributed by atoms with Gasteiger partial charge in [0.05, 0.1) is 12.6 Å². The minimum Gasteiger partial charge on any atom is -0.376 e. The molecule has 1 aromatic heterocycles. The number of thioether (sulfide) groups is 1. The van der Waals surface area contributed by atoms with Crippen LogP contribution in [0.1, 0.15) is 63.7 Å². The van der Waals surface area contributed by atoms with Gasteiger partial charge in [0.1, 0.15) is 5.82 Å². The summed E-state index contributed by atoms with van der Waals surface area (Å²) in [4.78, 5) is 4.67. The lowest BCUT2D eigenvalue weighted by Gasteiger charge is -2.16. The summed E-state index contributed by atoms with van der Waals surface area (Å²) in [7, 11) is 0. The van der Waals surface area contributed by atoms with Crippen molar-refractivity contribution in [3.63, 3.8) is 0 Å². The van der Waals surface area contributed by atoms with Crippen LogP contribution in [0.5, 0.6) is 0 Å².